The second-order valence-electron chi connectivity index (χ2n) is 6.70. The number of carbonyl (C=O) groups excluding carboxylic acids is 3. The normalized spacial score (nSPS) is 21.7. The molecular formula is C18H19N5O4S. The first kappa shape index (κ1) is 18.5. The number of hydrazine groups is 1. The summed E-state index contributed by atoms with van der Waals surface area (Å²) in [5, 5.41) is 11.6. The van der Waals surface area contributed by atoms with Gasteiger partial charge in [0.1, 0.15) is 5.54 Å². The predicted molar refractivity (Wildman–Crippen MR) is 98.9 cm³/mol. The van der Waals surface area contributed by atoms with Crippen molar-refractivity contribution in [2.75, 3.05) is 5.75 Å². The highest BCUT2D eigenvalue weighted by Gasteiger charge is 2.52. The number of nitrogens with one attached hydrogen (secondary N) is 2. The van der Waals surface area contributed by atoms with Gasteiger partial charge in [0.2, 0.25) is 11.8 Å². The molecule has 2 aliphatic rings. The fraction of sp³-hybridized carbons (Fsp3) is 0.389. The lowest BCUT2D eigenvalue weighted by Crippen LogP contribution is -2.49. The van der Waals surface area contributed by atoms with E-state index in [0.717, 1.165) is 29.6 Å². The van der Waals surface area contributed by atoms with E-state index in [0.29, 0.717) is 29.0 Å². The molecule has 4 rings (SSSR count). The van der Waals surface area contributed by atoms with Crippen molar-refractivity contribution in [2.24, 2.45) is 0 Å². The van der Waals surface area contributed by atoms with Gasteiger partial charge in [-0.3, -0.25) is 15.0 Å². The lowest BCUT2D eigenvalue weighted by Gasteiger charge is -2.25. The summed E-state index contributed by atoms with van der Waals surface area (Å²) >= 11 is 1.06. The first-order valence-electron chi connectivity index (χ1n) is 9.01. The molecule has 1 aromatic carbocycles. The molecule has 9 nitrogen and oxygen atoms in total. The van der Waals surface area contributed by atoms with Gasteiger partial charge >= 0.3 is 6.03 Å². The highest BCUT2D eigenvalue weighted by Crippen LogP contribution is 2.39. The molecular weight excluding hydrogens is 382 g/mol. The largest absolute Gasteiger partial charge is 0.416 e. The van der Waals surface area contributed by atoms with Crippen molar-refractivity contribution in [3.05, 3.63) is 41.8 Å². The number of imide groups is 1. The van der Waals surface area contributed by atoms with Crippen LogP contribution in [0.2, 0.25) is 0 Å². The van der Waals surface area contributed by atoms with Crippen molar-refractivity contribution >= 4 is 29.6 Å². The highest BCUT2D eigenvalue weighted by molar-refractivity contribution is 7.99. The molecule has 1 unspecified atom stereocenters. The number of hydrogen-bond acceptors (Lipinski definition) is 7. The maximum Gasteiger partial charge on any atom is 0.344 e. The van der Waals surface area contributed by atoms with E-state index in [4.69, 9.17) is 4.42 Å². The summed E-state index contributed by atoms with van der Waals surface area (Å²) in [4.78, 5) is 37.6. The molecule has 1 aliphatic carbocycles. The van der Waals surface area contributed by atoms with Crippen LogP contribution in [0.4, 0.5) is 4.79 Å². The number of benzene rings is 1. The van der Waals surface area contributed by atoms with E-state index in [1.165, 1.54) is 0 Å². The van der Waals surface area contributed by atoms with Gasteiger partial charge in [-0.15, -0.1) is 10.2 Å². The molecule has 1 atom stereocenters. The SMILES string of the molecule is CCC1(c2ccccc2)NC(=O)N(NC(=O)CSc2nnc(C3CC3)o2)C1=O. The fourth-order valence-electron chi connectivity index (χ4n) is 3.10. The number of hydrogen-bond donors (Lipinski definition) is 2. The van der Waals surface area contributed by atoms with E-state index in [9.17, 15) is 14.4 Å². The Balaban J connectivity index is 1.40. The van der Waals surface area contributed by atoms with E-state index in [1.807, 2.05) is 6.07 Å². The van der Waals surface area contributed by atoms with E-state index in [2.05, 4.69) is 20.9 Å². The Labute approximate surface area is 165 Å². The van der Waals surface area contributed by atoms with Gasteiger partial charge in [-0.1, -0.05) is 49.0 Å². The molecule has 1 aliphatic heterocycles. The maximum atomic E-state index is 12.9. The zero-order valence-electron chi connectivity index (χ0n) is 15.2. The Morgan fingerprint density at radius 2 is 2.07 bits per heavy atom. The van der Waals surface area contributed by atoms with Crippen molar-refractivity contribution in [2.45, 2.75) is 42.9 Å². The van der Waals surface area contributed by atoms with Crippen LogP contribution in [0.25, 0.3) is 0 Å². The summed E-state index contributed by atoms with van der Waals surface area (Å²) in [5.74, 6) is -0.166. The van der Waals surface area contributed by atoms with Gasteiger partial charge in [-0.05, 0) is 24.8 Å². The van der Waals surface area contributed by atoms with Crippen molar-refractivity contribution < 1.29 is 18.8 Å². The number of nitrogens with zero attached hydrogens (tertiary/aromatic N) is 3. The smallest absolute Gasteiger partial charge is 0.344 e. The van der Waals surface area contributed by atoms with Gasteiger partial charge in [0.05, 0.1) is 5.75 Å². The van der Waals surface area contributed by atoms with E-state index >= 15 is 0 Å². The lowest BCUT2D eigenvalue weighted by atomic mass is 9.87. The molecule has 10 heteroatoms. The second-order valence-corrected chi connectivity index (χ2v) is 7.63. The molecule has 146 valence electrons. The second kappa shape index (κ2) is 7.27. The van der Waals surface area contributed by atoms with Crippen LogP contribution < -0.4 is 10.7 Å². The number of thioether (sulfide) groups is 1. The standard InChI is InChI=1S/C18H19N5O4S/c1-2-18(12-6-4-3-5-7-12)15(25)23(16(26)19-18)22-13(24)10-28-17-21-20-14(27-17)11-8-9-11/h3-7,11H,2,8-10H2,1H3,(H,19,26)(H,22,24). The number of urea groups is 1. The van der Waals surface area contributed by atoms with E-state index in [1.54, 1.807) is 31.2 Å². The molecule has 2 N–H and O–H groups in total. The Hall–Kier alpha value is -2.88. The van der Waals surface area contributed by atoms with Crippen LogP contribution in [0, 0.1) is 0 Å². The Bertz CT molecular complexity index is 914. The monoisotopic (exact) mass is 401 g/mol. The zero-order valence-corrected chi connectivity index (χ0v) is 16.0. The summed E-state index contributed by atoms with van der Waals surface area (Å²) < 4.78 is 5.48. The minimum atomic E-state index is -1.19. The number of aromatic nitrogens is 2. The zero-order chi connectivity index (χ0) is 19.7. The van der Waals surface area contributed by atoms with Crippen molar-refractivity contribution in [1.29, 1.82) is 0 Å². The Morgan fingerprint density at radius 1 is 1.32 bits per heavy atom. The topological polar surface area (TPSA) is 117 Å². The number of rotatable bonds is 7. The molecule has 28 heavy (non-hydrogen) atoms. The minimum absolute atomic E-state index is 0.0617. The highest BCUT2D eigenvalue weighted by atomic mass is 32.2. The van der Waals surface area contributed by atoms with Gasteiger partial charge in [-0.2, -0.15) is 5.01 Å². The molecule has 2 heterocycles. The van der Waals surface area contributed by atoms with Crippen LogP contribution in [0.15, 0.2) is 40.0 Å². The van der Waals surface area contributed by atoms with Crippen LogP contribution >= 0.6 is 11.8 Å². The van der Waals surface area contributed by atoms with Gasteiger partial charge in [0.15, 0.2) is 0 Å². The van der Waals surface area contributed by atoms with E-state index < -0.39 is 23.4 Å². The Morgan fingerprint density at radius 3 is 2.75 bits per heavy atom. The van der Waals surface area contributed by atoms with Gasteiger partial charge in [0, 0.05) is 5.92 Å². The van der Waals surface area contributed by atoms with Gasteiger partial charge in [-0.25, -0.2) is 4.79 Å². The number of amides is 4. The van der Waals surface area contributed by atoms with Crippen LogP contribution in [0.3, 0.4) is 0 Å². The Kier molecular flexibility index (Phi) is 4.80. The molecule has 4 amide bonds. The third-order valence-corrected chi connectivity index (χ3v) is 5.62. The minimum Gasteiger partial charge on any atom is -0.416 e. The maximum absolute atomic E-state index is 12.9. The lowest BCUT2D eigenvalue weighted by molar-refractivity contribution is -0.138. The van der Waals surface area contributed by atoms with Crippen molar-refractivity contribution in [3.63, 3.8) is 0 Å². The molecule has 1 saturated carbocycles. The summed E-state index contributed by atoms with van der Waals surface area (Å²) in [5.41, 5.74) is 1.85. The molecule has 0 radical (unpaired) electrons. The first-order valence-corrected chi connectivity index (χ1v) is 10.00. The quantitative estimate of drug-likeness (QED) is 0.538. The van der Waals surface area contributed by atoms with Crippen LogP contribution in [-0.4, -0.2) is 38.8 Å². The van der Waals surface area contributed by atoms with Crippen LogP contribution in [-0.2, 0) is 15.1 Å². The average Bonchev–Trinajstić information content (AvgIpc) is 3.41. The molecule has 1 aromatic heterocycles. The molecule has 0 bridgehead atoms. The van der Waals surface area contributed by atoms with Crippen LogP contribution in [0.5, 0.6) is 0 Å². The average molecular weight is 401 g/mol. The predicted octanol–water partition coefficient (Wildman–Crippen LogP) is 1.93. The molecule has 2 aromatic rings. The van der Waals surface area contributed by atoms with Gasteiger partial charge < -0.3 is 9.73 Å². The summed E-state index contributed by atoms with van der Waals surface area (Å²) in [6, 6.07) is 8.31. The van der Waals surface area contributed by atoms with Crippen LogP contribution in [0.1, 0.15) is 43.6 Å². The van der Waals surface area contributed by atoms with Crippen molar-refractivity contribution in [1.82, 2.24) is 25.9 Å². The summed E-state index contributed by atoms with van der Waals surface area (Å²) in [6.45, 7) is 1.80. The molecule has 1 saturated heterocycles. The fourth-order valence-corrected chi connectivity index (χ4v) is 3.66. The van der Waals surface area contributed by atoms with E-state index in [-0.39, 0.29) is 5.75 Å². The van der Waals surface area contributed by atoms with Crippen molar-refractivity contribution in [3.8, 4) is 0 Å². The number of carbonyl (C=O) groups is 3. The van der Waals surface area contributed by atoms with Gasteiger partial charge in [0.25, 0.3) is 11.1 Å². The molecule has 2 fully saturated rings. The third-order valence-electron chi connectivity index (χ3n) is 4.80. The first-order chi connectivity index (χ1) is 13.5. The summed E-state index contributed by atoms with van der Waals surface area (Å²) in [6.07, 6.45) is 2.44. The third kappa shape index (κ3) is 3.35. The molecule has 0 spiro atoms. The summed E-state index contributed by atoms with van der Waals surface area (Å²) in [7, 11) is 0.